The minimum Gasteiger partial charge on any atom is -0.478 e. The summed E-state index contributed by atoms with van der Waals surface area (Å²) in [5.41, 5.74) is 5.59. The van der Waals surface area contributed by atoms with Gasteiger partial charge in [0.05, 0.1) is 18.6 Å². The van der Waals surface area contributed by atoms with Crippen molar-refractivity contribution in [2.45, 2.75) is 39.0 Å². The third-order valence-electron chi connectivity index (χ3n) is 5.24. The molecular formula is C25H26O4. The fourth-order valence-electron chi connectivity index (χ4n) is 3.58. The van der Waals surface area contributed by atoms with Crippen LogP contribution in [-0.2, 0) is 14.9 Å². The molecule has 2 aromatic rings. The second-order valence-corrected chi connectivity index (χ2v) is 7.86. The molecule has 2 aromatic carbocycles. The standard InChI is InChI=1S/C25H26O4/c1-4-29-23(26)16-20-13-14-25(2,3)22-12-9-18(15-21(20)22)6-5-17-7-10-19(11-8-17)24(27)28/h5-13,15H,4,14,16H2,1-3H3,(H,27,28)/b6-5+. The molecule has 0 bridgehead atoms. The lowest BCUT2D eigenvalue weighted by atomic mass is 9.72. The Morgan fingerprint density at radius 2 is 1.72 bits per heavy atom. The van der Waals surface area contributed by atoms with E-state index in [-0.39, 0.29) is 23.4 Å². The molecule has 0 fully saturated rings. The summed E-state index contributed by atoms with van der Waals surface area (Å²) in [4.78, 5) is 23.0. The Morgan fingerprint density at radius 3 is 2.38 bits per heavy atom. The number of hydrogen-bond acceptors (Lipinski definition) is 3. The molecule has 0 saturated heterocycles. The summed E-state index contributed by atoms with van der Waals surface area (Å²) in [6, 6.07) is 13.1. The summed E-state index contributed by atoms with van der Waals surface area (Å²) in [5, 5.41) is 9.00. The number of allylic oxidation sites excluding steroid dienone is 1. The van der Waals surface area contributed by atoms with Crippen molar-refractivity contribution < 1.29 is 19.4 Å². The molecule has 0 spiro atoms. The summed E-state index contributed by atoms with van der Waals surface area (Å²) in [5.74, 6) is -1.14. The van der Waals surface area contributed by atoms with Gasteiger partial charge in [0.25, 0.3) is 0 Å². The van der Waals surface area contributed by atoms with E-state index < -0.39 is 5.97 Å². The summed E-state index contributed by atoms with van der Waals surface area (Å²) < 4.78 is 5.14. The van der Waals surface area contributed by atoms with E-state index in [9.17, 15) is 9.59 Å². The van der Waals surface area contributed by atoms with Crippen molar-refractivity contribution in [2.24, 2.45) is 0 Å². The van der Waals surface area contributed by atoms with E-state index in [2.05, 4.69) is 38.1 Å². The largest absolute Gasteiger partial charge is 0.478 e. The summed E-state index contributed by atoms with van der Waals surface area (Å²) in [7, 11) is 0. The van der Waals surface area contributed by atoms with Crippen LogP contribution in [0.3, 0.4) is 0 Å². The van der Waals surface area contributed by atoms with Gasteiger partial charge in [0.1, 0.15) is 0 Å². The number of esters is 1. The molecule has 0 saturated carbocycles. The maximum absolute atomic E-state index is 12.0. The van der Waals surface area contributed by atoms with Gasteiger partial charge < -0.3 is 9.84 Å². The van der Waals surface area contributed by atoms with Gasteiger partial charge in [-0.25, -0.2) is 4.79 Å². The average molecular weight is 390 g/mol. The smallest absolute Gasteiger partial charge is 0.335 e. The number of carbonyl (C=O) groups excluding carboxylic acids is 1. The maximum Gasteiger partial charge on any atom is 0.335 e. The first-order chi connectivity index (χ1) is 13.8. The molecule has 0 heterocycles. The van der Waals surface area contributed by atoms with Gasteiger partial charge in [0.2, 0.25) is 0 Å². The van der Waals surface area contributed by atoms with Crippen LogP contribution in [0.2, 0.25) is 0 Å². The van der Waals surface area contributed by atoms with Crippen LogP contribution in [0.5, 0.6) is 0 Å². The molecule has 0 atom stereocenters. The number of benzene rings is 2. The lowest BCUT2D eigenvalue weighted by molar-refractivity contribution is -0.141. The van der Waals surface area contributed by atoms with Gasteiger partial charge in [0.15, 0.2) is 0 Å². The molecule has 0 radical (unpaired) electrons. The predicted octanol–water partition coefficient (Wildman–Crippen LogP) is 5.57. The molecule has 1 aliphatic carbocycles. The Balaban J connectivity index is 1.88. The fourth-order valence-corrected chi connectivity index (χ4v) is 3.58. The third-order valence-corrected chi connectivity index (χ3v) is 5.24. The van der Waals surface area contributed by atoms with E-state index in [1.54, 1.807) is 24.3 Å². The number of fused-ring (bicyclic) bond motifs is 1. The van der Waals surface area contributed by atoms with Crippen LogP contribution in [0.15, 0.2) is 48.5 Å². The first kappa shape index (κ1) is 20.6. The molecule has 150 valence electrons. The van der Waals surface area contributed by atoms with Crippen molar-refractivity contribution in [3.63, 3.8) is 0 Å². The highest BCUT2D eigenvalue weighted by Gasteiger charge is 2.28. The Bertz CT molecular complexity index is 978. The van der Waals surface area contributed by atoms with Gasteiger partial charge >= 0.3 is 11.9 Å². The monoisotopic (exact) mass is 390 g/mol. The summed E-state index contributed by atoms with van der Waals surface area (Å²) in [6.45, 7) is 6.62. The van der Waals surface area contributed by atoms with Crippen LogP contribution in [0.1, 0.15) is 66.2 Å². The van der Waals surface area contributed by atoms with Gasteiger partial charge in [0, 0.05) is 0 Å². The normalized spacial score (nSPS) is 14.9. The summed E-state index contributed by atoms with van der Waals surface area (Å²) >= 11 is 0. The molecule has 0 aromatic heterocycles. The maximum atomic E-state index is 12.0. The number of ether oxygens (including phenoxy) is 1. The number of hydrogen-bond donors (Lipinski definition) is 1. The Morgan fingerprint density at radius 1 is 1.07 bits per heavy atom. The number of rotatable bonds is 6. The molecule has 1 aliphatic rings. The van der Waals surface area contributed by atoms with Crippen molar-refractivity contribution in [1.82, 2.24) is 0 Å². The van der Waals surface area contributed by atoms with Gasteiger partial charge in [-0.15, -0.1) is 0 Å². The zero-order valence-corrected chi connectivity index (χ0v) is 17.1. The number of carbonyl (C=O) groups is 2. The molecule has 4 heteroatoms. The minimum atomic E-state index is -0.932. The van der Waals surface area contributed by atoms with E-state index in [1.807, 2.05) is 19.1 Å². The van der Waals surface area contributed by atoms with E-state index in [1.165, 1.54) is 5.56 Å². The lowest BCUT2D eigenvalue weighted by Gasteiger charge is -2.32. The van der Waals surface area contributed by atoms with Crippen molar-refractivity contribution in [3.8, 4) is 0 Å². The number of aromatic carboxylic acids is 1. The molecule has 0 aliphatic heterocycles. The molecule has 3 rings (SSSR count). The Labute approximate surface area is 171 Å². The van der Waals surface area contributed by atoms with E-state index in [0.717, 1.165) is 28.7 Å². The Kier molecular flexibility index (Phi) is 6.02. The second-order valence-electron chi connectivity index (χ2n) is 7.86. The van der Waals surface area contributed by atoms with Crippen molar-refractivity contribution in [3.05, 3.63) is 76.4 Å². The van der Waals surface area contributed by atoms with Gasteiger partial charge in [-0.2, -0.15) is 0 Å². The van der Waals surface area contributed by atoms with Crippen LogP contribution >= 0.6 is 0 Å². The molecule has 4 nitrogen and oxygen atoms in total. The van der Waals surface area contributed by atoms with Crippen LogP contribution in [0.25, 0.3) is 17.7 Å². The first-order valence-electron chi connectivity index (χ1n) is 9.81. The lowest BCUT2D eigenvalue weighted by Crippen LogP contribution is -2.22. The topological polar surface area (TPSA) is 63.6 Å². The van der Waals surface area contributed by atoms with Crippen molar-refractivity contribution in [2.75, 3.05) is 6.61 Å². The van der Waals surface area contributed by atoms with Crippen LogP contribution in [-0.4, -0.2) is 23.7 Å². The first-order valence-corrected chi connectivity index (χ1v) is 9.81. The highest BCUT2D eigenvalue weighted by molar-refractivity contribution is 5.89. The molecular weight excluding hydrogens is 364 g/mol. The Hall–Kier alpha value is -3.14. The van der Waals surface area contributed by atoms with E-state index in [4.69, 9.17) is 9.84 Å². The summed E-state index contributed by atoms with van der Waals surface area (Å²) in [6.07, 6.45) is 7.27. The highest BCUT2D eigenvalue weighted by Crippen LogP contribution is 2.40. The number of carboxylic acid groups (broad SMARTS) is 1. The molecule has 0 amide bonds. The van der Waals surface area contributed by atoms with Gasteiger partial charge in [-0.05, 0) is 64.8 Å². The van der Waals surface area contributed by atoms with Crippen molar-refractivity contribution >= 4 is 29.7 Å². The SMILES string of the molecule is CCOC(=O)CC1=CCC(C)(C)c2ccc(/C=C/c3ccc(C(=O)O)cc3)cc21. The average Bonchev–Trinajstić information content (AvgIpc) is 2.69. The molecule has 29 heavy (non-hydrogen) atoms. The minimum absolute atomic E-state index is 0.0163. The van der Waals surface area contributed by atoms with Crippen LogP contribution in [0, 0.1) is 0 Å². The zero-order chi connectivity index (χ0) is 21.0. The van der Waals surface area contributed by atoms with E-state index >= 15 is 0 Å². The van der Waals surface area contributed by atoms with Crippen molar-refractivity contribution in [1.29, 1.82) is 0 Å². The van der Waals surface area contributed by atoms with E-state index in [0.29, 0.717) is 6.61 Å². The highest BCUT2D eigenvalue weighted by atomic mass is 16.5. The number of carboxylic acids is 1. The quantitative estimate of drug-likeness (QED) is 0.517. The second kappa shape index (κ2) is 8.48. The van der Waals surface area contributed by atoms with Crippen LogP contribution < -0.4 is 0 Å². The van der Waals surface area contributed by atoms with Gasteiger partial charge in [-0.3, -0.25) is 4.79 Å². The predicted molar refractivity (Wildman–Crippen MR) is 116 cm³/mol. The van der Waals surface area contributed by atoms with Crippen LogP contribution in [0.4, 0.5) is 0 Å². The zero-order valence-electron chi connectivity index (χ0n) is 17.1. The molecule has 0 unspecified atom stereocenters. The fraction of sp³-hybridized carbons (Fsp3) is 0.280. The third kappa shape index (κ3) is 4.83. The molecule has 1 N–H and O–H groups in total. The van der Waals surface area contributed by atoms with Gasteiger partial charge in [-0.1, -0.05) is 56.3 Å².